The average Bonchev–Trinajstić information content (AvgIpc) is 3.52. The summed E-state index contributed by atoms with van der Waals surface area (Å²) in [5, 5.41) is 0.708. The smallest absolute Gasteiger partial charge is 0.253 e. The Bertz CT molecular complexity index is 1100. The van der Waals surface area contributed by atoms with Gasteiger partial charge < -0.3 is 9.47 Å². The van der Waals surface area contributed by atoms with Crippen LogP contribution in [-0.4, -0.2) is 57.5 Å². The standard InChI is InChI=1S/C25H29ClN4O/c1-17(30-18(2)27-23-10-9-21(26)15-24(23)30)19-5-7-20(8-6-19)25(31)29-14-11-22(16-29)28-12-3-4-13-28/h5-10,15,17,22H,3-4,11-14,16H2,1-2H3/t17-,22-/m0/s1. The minimum atomic E-state index is 0.0963. The number of fused-ring (bicyclic) bond motifs is 1. The van der Waals surface area contributed by atoms with Gasteiger partial charge in [0, 0.05) is 29.7 Å². The molecule has 0 spiro atoms. The van der Waals surface area contributed by atoms with Crippen LogP contribution in [-0.2, 0) is 0 Å². The van der Waals surface area contributed by atoms with Gasteiger partial charge in [0.05, 0.1) is 17.1 Å². The number of rotatable bonds is 4. The van der Waals surface area contributed by atoms with Crippen LogP contribution in [0.1, 0.15) is 54.0 Å². The van der Waals surface area contributed by atoms with Crippen molar-refractivity contribution in [2.75, 3.05) is 26.2 Å². The van der Waals surface area contributed by atoms with E-state index in [1.165, 1.54) is 25.9 Å². The van der Waals surface area contributed by atoms with Crippen LogP contribution in [0.4, 0.5) is 0 Å². The number of aryl methyl sites for hydroxylation is 1. The minimum absolute atomic E-state index is 0.0963. The molecule has 2 aliphatic heterocycles. The summed E-state index contributed by atoms with van der Waals surface area (Å²) in [4.78, 5) is 22.3. The second-order valence-corrected chi connectivity index (χ2v) is 9.33. The molecule has 1 amide bonds. The SMILES string of the molecule is Cc1nc2ccc(Cl)cc2n1[C@@H](C)c1ccc(C(=O)N2CC[C@H](N3CCCC3)C2)cc1. The molecule has 2 saturated heterocycles. The summed E-state index contributed by atoms with van der Waals surface area (Å²) in [6.07, 6.45) is 3.68. The molecule has 2 aliphatic rings. The number of aromatic nitrogens is 2. The first-order valence-electron chi connectivity index (χ1n) is 11.3. The molecule has 1 aromatic heterocycles. The summed E-state index contributed by atoms with van der Waals surface area (Å²) in [6, 6.07) is 14.5. The van der Waals surface area contributed by atoms with E-state index < -0.39 is 0 Å². The molecule has 2 fully saturated rings. The highest BCUT2D eigenvalue weighted by atomic mass is 35.5. The van der Waals surface area contributed by atoms with Crippen LogP contribution in [0.3, 0.4) is 0 Å². The van der Waals surface area contributed by atoms with Crippen LogP contribution in [0.25, 0.3) is 11.0 Å². The Kier molecular flexibility index (Phi) is 5.49. The summed E-state index contributed by atoms with van der Waals surface area (Å²) in [5.74, 6) is 1.10. The highest BCUT2D eigenvalue weighted by molar-refractivity contribution is 6.31. The van der Waals surface area contributed by atoms with Gasteiger partial charge in [-0.3, -0.25) is 9.69 Å². The maximum Gasteiger partial charge on any atom is 0.253 e. The van der Waals surface area contributed by atoms with Crippen molar-refractivity contribution in [2.24, 2.45) is 0 Å². The number of imidazole rings is 1. The molecule has 0 aliphatic carbocycles. The maximum absolute atomic E-state index is 13.1. The van der Waals surface area contributed by atoms with Gasteiger partial charge in [0.25, 0.3) is 5.91 Å². The molecule has 3 heterocycles. The molecule has 5 nitrogen and oxygen atoms in total. The molecule has 0 bridgehead atoms. The molecule has 162 valence electrons. The summed E-state index contributed by atoms with van der Waals surface area (Å²) in [7, 11) is 0. The van der Waals surface area contributed by atoms with E-state index in [-0.39, 0.29) is 11.9 Å². The van der Waals surface area contributed by atoms with E-state index in [4.69, 9.17) is 11.6 Å². The average molecular weight is 437 g/mol. The van der Waals surface area contributed by atoms with E-state index >= 15 is 0 Å². The molecule has 2 atom stereocenters. The Balaban J connectivity index is 1.33. The Hall–Kier alpha value is -2.37. The predicted molar refractivity (Wildman–Crippen MR) is 125 cm³/mol. The lowest BCUT2D eigenvalue weighted by atomic mass is 10.0. The largest absolute Gasteiger partial charge is 0.337 e. The lowest BCUT2D eigenvalue weighted by Crippen LogP contribution is -2.37. The fourth-order valence-corrected chi connectivity index (χ4v) is 5.41. The van der Waals surface area contributed by atoms with Gasteiger partial charge in [-0.25, -0.2) is 4.98 Å². The van der Waals surface area contributed by atoms with Crippen LogP contribution >= 0.6 is 11.6 Å². The molecule has 0 N–H and O–H groups in total. The maximum atomic E-state index is 13.1. The molecular weight excluding hydrogens is 408 g/mol. The molecule has 6 heteroatoms. The first-order chi connectivity index (χ1) is 15.0. The van der Waals surface area contributed by atoms with E-state index in [2.05, 4.69) is 33.5 Å². The number of likely N-dealkylation sites (tertiary alicyclic amines) is 2. The topological polar surface area (TPSA) is 41.4 Å². The highest BCUT2D eigenvalue weighted by Gasteiger charge is 2.32. The number of halogens is 1. The molecule has 0 saturated carbocycles. The second kappa shape index (κ2) is 8.29. The highest BCUT2D eigenvalue weighted by Crippen LogP contribution is 2.28. The van der Waals surface area contributed by atoms with E-state index in [1.54, 1.807) is 0 Å². The first-order valence-corrected chi connectivity index (χ1v) is 11.7. The van der Waals surface area contributed by atoms with Gasteiger partial charge in [-0.2, -0.15) is 0 Å². The van der Waals surface area contributed by atoms with Gasteiger partial charge >= 0.3 is 0 Å². The third-order valence-electron chi connectivity index (χ3n) is 6.96. The van der Waals surface area contributed by atoms with Crippen molar-refractivity contribution in [2.45, 2.75) is 45.2 Å². The van der Waals surface area contributed by atoms with Crippen LogP contribution in [0, 0.1) is 6.92 Å². The van der Waals surface area contributed by atoms with Crippen LogP contribution in [0.2, 0.25) is 5.02 Å². The van der Waals surface area contributed by atoms with Crippen molar-refractivity contribution in [1.82, 2.24) is 19.4 Å². The van der Waals surface area contributed by atoms with Crippen molar-refractivity contribution in [3.8, 4) is 0 Å². The van der Waals surface area contributed by atoms with Gasteiger partial charge in [0.1, 0.15) is 5.82 Å². The van der Waals surface area contributed by atoms with Crippen molar-refractivity contribution in [3.63, 3.8) is 0 Å². The lowest BCUT2D eigenvalue weighted by molar-refractivity contribution is 0.0780. The van der Waals surface area contributed by atoms with Crippen LogP contribution < -0.4 is 0 Å². The molecular formula is C25H29ClN4O. The fourth-order valence-electron chi connectivity index (χ4n) is 5.24. The Labute approximate surface area is 188 Å². The Morgan fingerprint density at radius 1 is 1.10 bits per heavy atom. The monoisotopic (exact) mass is 436 g/mol. The summed E-state index contributed by atoms with van der Waals surface area (Å²) in [5.41, 5.74) is 3.90. The minimum Gasteiger partial charge on any atom is -0.337 e. The zero-order valence-electron chi connectivity index (χ0n) is 18.2. The van der Waals surface area contributed by atoms with E-state index in [0.717, 1.165) is 47.5 Å². The molecule has 2 aromatic carbocycles. The molecule has 3 aromatic rings. The zero-order chi connectivity index (χ0) is 21.5. The number of carbonyl (C=O) groups excluding carboxylic acids is 1. The normalized spacial score (nSPS) is 20.6. The van der Waals surface area contributed by atoms with E-state index in [9.17, 15) is 4.79 Å². The Morgan fingerprint density at radius 3 is 2.58 bits per heavy atom. The van der Waals surface area contributed by atoms with Crippen LogP contribution in [0.15, 0.2) is 42.5 Å². The number of nitrogens with zero attached hydrogens (tertiary/aromatic N) is 4. The van der Waals surface area contributed by atoms with Gasteiger partial charge in [-0.1, -0.05) is 23.7 Å². The number of carbonyl (C=O) groups is 1. The van der Waals surface area contributed by atoms with Crippen LogP contribution in [0.5, 0.6) is 0 Å². The predicted octanol–water partition coefficient (Wildman–Crippen LogP) is 4.92. The summed E-state index contributed by atoms with van der Waals surface area (Å²) < 4.78 is 2.21. The fraction of sp³-hybridized carbons (Fsp3) is 0.440. The third kappa shape index (κ3) is 3.85. The van der Waals surface area contributed by atoms with Crippen molar-refractivity contribution in [3.05, 3.63) is 64.4 Å². The number of amides is 1. The van der Waals surface area contributed by atoms with Gasteiger partial charge in [-0.15, -0.1) is 0 Å². The number of benzene rings is 2. The zero-order valence-corrected chi connectivity index (χ0v) is 19.0. The quantitative estimate of drug-likeness (QED) is 0.583. The molecule has 0 unspecified atom stereocenters. The summed E-state index contributed by atoms with van der Waals surface area (Å²) in [6.45, 7) is 8.27. The van der Waals surface area contributed by atoms with Crippen molar-refractivity contribution >= 4 is 28.5 Å². The van der Waals surface area contributed by atoms with Gasteiger partial charge in [0.2, 0.25) is 0 Å². The molecule has 31 heavy (non-hydrogen) atoms. The molecule has 5 rings (SSSR count). The Morgan fingerprint density at radius 2 is 1.84 bits per heavy atom. The van der Waals surface area contributed by atoms with Crippen molar-refractivity contribution < 1.29 is 4.79 Å². The molecule has 0 radical (unpaired) electrons. The van der Waals surface area contributed by atoms with E-state index in [1.807, 2.05) is 42.2 Å². The number of hydrogen-bond acceptors (Lipinski definition) is 3. The third-order valence-corrected chi connectivity index (χ3v) is 7.20. The number of hydrogen-bond donors (Lipinski definition) is 0. The lowest BCUT2D eigenvalue weighted by Gasteiger charge is -2.23. The second-order valence-electron chi connectivity index (χ2n) is 8.90. The van der Waals surface area contributed by atoms with Gasteiger partial charge in [0.15, 0.2) is 0 Å². The van der Waals surface area contributed by atoms with Gasteiger partial charge in [-0.05, 0) is 82.1 Å². The summed E-state index contributed by atoms with van der Waals surface area (Å²) >= 11 is 6.23. The first kappa shape index (κ1) is 20.5. The van der Waals surface area contributed by atoms with E-state index in [0.29, 0.717) is 11.1 Å². The van der Waals surface area contributed by atoms with Crippen molar-refractivity contribution in [1.29, 1.82) is 0 Å².